The lowest BCUT2D eigenvalue weighted by molar-refractivity contribution is 0.251. The molecule has 0 aromatic carbocycles. The normalized spacial score (nSPS) is 18.7. The number of piperidine rings is 1. The van der Waals surface area contributed by atoms with Crippen LogP contribution in [0.3, 0.4) is 0 Å². The molecule has 1 heteroatoms. The van der Waals surface area contributed by atoms with E-state index in [1.807, 2.05) is 0 Å². The lowest BCUT2D eigenvalue weighted by Crippen LogP contribution is -2.29. The fourth-order valence-electron chi connectivity index (χ4n) is 2.17. The van der Waals surface area contributed by atoms with Gasteiger partial charge in [0.2, 0.25) is 0 Å². The molecule has 0 N–H and O–H groups in total. The Bertz CT molecular complexity index is 157. The van der Waals surface area contributed by atoms with Crippen LogP contribution in [0.15, 0.2) is 12.2 Å². The van der Waals surface area contributed by atoms with Gasteiger partial charge in [-0.1, -0.05) is 44.8 Å². The molecule has 0 atom stereocenters. The van der Waals surface area contributed by atoms with Crippen molar-refractivity contribution in [3.63, 3.8) is 0 Å². The highest BCUT2D eigenvalue weighted by Crippen LogP contribution is 2.08. The molecule has 0 bridgehead atoms. The van der Waals surface area contributed by atoms with Crippen LogP contribution in [0.1, 0.15) is 58.3 Å². The number of hydrogen-bond acceptors (Lipinski definition) is 1. The lowest BCUT2D eigenvalue weighted by atomic mass is 10.1. The van der Waals surface area contributed by atoms with E-state index in [1.54, 1.807) is 0 Å². The van der Waals surface area contributed by atoms with E-state index in [1.165, 1.54) is 71.0 Å². The van der Waals surface area contributed by atoms with Gasteiger partial charge in [-0.2, -0.15) is 0 Å². The molecule has 0 saturated carbocycles. The van der Waals surface area contributed by atoms with Gasteiger partial charge >= 0.3 is 0 Å². The van der Waals surface area contributed by atoms with E-state index in [0.29, 0.717) is 0 Å². The standard InChI is InChI=1S/C14H27N/c1-2-3-4-5-6-7-9-12-15-13-10-8-11-14-15/h7,9H,2-6,8,10-14H2,1H3/b9-7-. The monoisotopic (exact) mass is 209 g/mol. The topological polar surface area (TPSA) is 3.24 Å². The number of unbranched alkanes of at least 4 members (excludes halogenated alkanes) is 4. The second kappa shape index (κ2) is 8.96. The van der Waals surface area contributed by atoms with Crippen molar-refractivity contribution in [1.29, 1.82) is 0 Å². The van der Waals surface area contributed by atoms with E-state index in [4.69, 9.17) is 0 Å². The Morgan fingerprint density at radius 1 is 0.933 bits per heavy atom. The number of nitrogens with zero attached hydrogens (tertiary/aromatic N) is 1. The zero-order chi connectivity index (χ0) is 10.8. The highest BCUT2D eigenvalue weighted by Gasteiger charge is 2.06. The van der Waals surface area contributed by atoms with Crippen molar-refractivity contribution in [3.05, 3.63) is 12.2 Å². The van der Waals surface area contributed by atoms with Crippen LogP contribution in [-0.2, 0) is 0 Å². The molecule has 1 saturated heterocycles. The summed E-state index contributed by atoms with van der Waals surface area (Å²) in [4.78, 5) is 2.58. The second-order valence-electron chi connectivity index (χ2n) is 4.68. The van der Waals surface area contributed by atoms with Crippen LogP contribution in [0, 0.1) is 0 Å². The van der Waals surface area contributed by atoms with Crippen molar-refractivity contribution in [2.24, 2.45) is 0 Å². The number of rotatable bonds is 7. The van der Waals surface area contributed by atoms with Gasteiger partial charge in [0.25, 0.3) is 0 Å². The van der Waals surface area contributed by atoms with Gasteiger partial charge < -0.3 is 0 Å². The van der Waals surface area contributed by atoms with Gasteiger partial charge in [-0.3, -0.25) is 4.90 Å². The summed E-state index contributed by atoms with van der Waals surface area (Å²) >= 11 is 0. The average Bonchev–Trinajstić information content (AvgIpc) is 2.29. The summed E-state index contributed by atoms with van der Waals surface area (Å²) in [6.07, 6.45) is 15.8. The molecule has 15 heavy (non-hydrogen) atoms. The summed E-state index contributed by atoms with van der Waals surface area (Å²) in [7, 11) is 0. The highest BCUT2D eigenvalue weighted by molar-refractivity contribution is 4.85. The molecule has 0 amide bonds. The minimum atomic E-state index is 1.19. The largest absolute Gasteiger partial charge is 0.300 e. The molecule has 88 valence electrons. The number of likely N-dealkylation sites (tertiary alicyclic amines) is 1. The summed E-state index contributed by atoms with van der Waals surface area (Å²) in [5.41, 5.74) is 0. The molecule has 1 fully saturated rings. The molecule has 0 spiro atoms. The summed E-state index contributed by atoms with van der Waals surface area (Å²) in [6, 6.07) is 0. The van der Waals surface area contributed by atoms with Gasteiger partial charge in [0, 0.05) is 6.54 Å². The van der Waals surface area contributed by atoms with E-state index in [0.717, 1.165) is 0 Å². The minimum Gasteiger partial charge on any atom is -0.300 e. The van der Waals surface area contributed by atoms with Crippen LogP contribution in [-0.4, -0.2) is 24.5 Å². The van der Waals surface area contributed by atoms with Gasteiger partial charge in [-0.15, -0.1) is 0 Å². The third-order valence-electron chi connectivity index (χ3n) is 3.20. The van der Waals surface area contributed by atoms with Crippen molar-refractivity contribution in [1.82, 2.24) is 4.90 Å². The highest BCUT2D eigenvalue weighted by atomic mass is 15.1. The maximum absolute atomic E-state index is 2.58. The summed E-state index contributed by atoms with van der Waals surface area (Å²) in [5.74, 6) is 0. The van der Waals surface area contributed by atoms with Crippen molar-refractivity contribution in [2.75, 3.05) is 19.6 Å². The lowest BCUT2D eigenvalue weighted by Gasteiger charge is -2.24. The fourth-order valence-corrected chi connectivity index (χ4v) is 2.17. The fraction of sp³-hybridized carbons (Fsp3) is 0.857. The molecule has 1 aliphatic heterocycles. The molecular formula is C14H27N. The Morgan fingerprint density at radius 3 is 2.47 bits per heavy atom. The quantitative estimate of drug-likeness (QED) is 0.452. The number of hydrogen-bond donors (Lipinski definition) is 0. The van der Waals surface area contributed by atoms with Crippen molar-refractivity contribution in [3.8, 4) is 0 Å². The molecule has 0 radical (unpaired) electrons. The Morgan fingerprint density at radius 2 is 1.73 bits per heavy atom. The molecule has 1 rings (SSSR count). The van der Waals surface area contributed by atoms with E-state index in [-0.39, 0.29) is 0 Å². The van der Waals surface area contributed by atoms with Gasteiger partial charge in [-0.25, -0.2) is 0 Å². The maximum Gasteiger partial charge on any atom is 0.0163 e. The van der Waals surface area contributed by atoms with E-state index < -0.39 is 0 Å². The Labute approximate surface area is 95.5 Å². The Hall–Kier alpha value is -0.300. The van der Waals surface area contributed by atoms with Crippen LogP contribution in [0.25, 0.3) is 0 Å². The molecular weight excluding hydrogens is 182 g/mol. The maximum atomic E-state index is 2.58. The molecule has 1 heterocycles. The van der Waals surface area contributed by atoms with Crippen molar-refractivity contribution in [2.45, 2.75) is 58.3 Å². The Balaban J connectivity index is 1.91. The van der Waals surface area contributed by atoms with Crippen LogP contribution < -0.4 is 0 Å². The third-order valence-corrected chi connectivity index (χ3v) is 3.20. The van der Waals surface area contributed by atoms with Gasteiger partial charge in [0.05, 0.1) is 0 Å². The van der Waals surface area contributed by atoms with Crippen molar-refractivity contribution >= 4 is 0 Å². The molecule has 0 aromatic rings. The SMILES string of the molecule is CCCCCC/C=C\CN1CCCCC1. The van der Waals surface area contributed by atoms with Gasteiger partial charge in [0.1, 0.15) is 0 Å². The third kappa shape index (κ3) is 6.72. The first-order valence-corrected chi connectivity index (χ1v) is 6.81. The van der Waals surface area contributed by atoms with Crippen LogP contribution in [0.2, 0.25) is 0 Å². The van der Waals surface area contributed by atoms with Crippen LogP contribution in [0.5, 0.6) is 0 Å². The van der Waals surface area contributed by atoms with Crippen LogP contribution >= 0.6 is 0 Å². The predicted molar refractivity (Wildman–Crippen MR) is 68.2 cm³/mol. The first kappa shape index (κ1) is 12.8. The average molecular weight is 209 g/mol. The zero-order valence-corrected chi connectivity index (χ0v) is 10.4. The van der Waals surface area contributed by atoms with Gasteiger partial charge in [-0.05, 0) is 38.8 Å². The summed E-state index contributed by atoms with van der Waals surface area (Å²) < 4.78 is 0. The first-order valence-electron chi connectivity index (χ1n) is 6.81. The molecule has 1 nitrogen and oxygen atoms in total. The first-order chi connectivity index (χ1) is 7.43. The molecule has 0 unspecified atom stereocenters. The van der Waals surface area contributed by atoms with E-state index in [9.17, 15) is 0 Å². The van der Waals surface area contributed by atoms with Crippen molar-refractivity contribution < 1.29 is 0 Å². The molecule has 0 aromatic heterocycles. The van der Waals surface area contributed by atoms with E-state index in [2.05, 4.69) is 24.0 Å². The second-order valence-corrected chi connectivity index (χ2v) is 4.68. The number of allylic oxidation sites excluding steroid dienone is 1. The minimum absolute atomic E-state index is 1.19. The zero-order valence-electron chi connectivity index (χ0n) is 10.4. The summed E-state index contributed by atoms with van der Waals surface area (Å²) in [5, 5.41) is 0. The molecule has 1 aliphatic rings. The van der Waals surface area contributed by atoms with E-state index >= 15 is 0 Å². The van der Waals surface area contributed by atoms with Crippen LogP contribution in [0.4, 0.5) is 0 Å². The predicted octanol–water partition coefficient (Wildman–Crippen LogP) is 4.00. The molecule has 0 aliphatic carbocycles. The Kier molecular flexibility index (Phi) is 7.63. The summed E-state index contributed by atoms with van der Waals surface area (Å²) in [6.45, 7) is 6.10. The smallest absolute Gasteiger partial charge is 0.0163 e. The van der Waals surface area contributed by atoms with Gasteiger partial charge in [0.15, 0.2) is 0 Å².